The van der Waals surface area contributed by atoms with E-state index in [0.717, 1.165) is 18.2 Å². The summed E-state index contributed by atoms with van der Waals surface area (Å²) < 4.78 is 5.29. The number of rotatable bonds is 3. The molecule has 1 unspecified atom stereocenters. The van der Waals surface area contributed by atoms with Crippen LogP contribution in [0.1, 0.15) is 6.42 Å². The molecule has 0 bridgehead atoms. The van der Waals surface area contributed by atoms with Gasteiger partial charge >= 0.3 is 0 Å². The summed E-state index contributed by atoms with van der Waals surface area (Å²) in [6, 6.07) is 5.99. The number of nitrogens with zero attached hydrogens (tertiary/aromatic N) is 1. The monoisotopic (exact) mass is 213 g/mol. The zero-order valence-electron chi connectivity index (χ0n) is 7.18. The number of hydrogen-bond acceptors (Lipinski definition) is 4. The van der Waals surface area contributed by atoms with Crippen molar-refractivity contribution in [3.05, 3.63) is 24.4 Å². The molecule has 1 saturated heterocycles. The van der Waals surface area contributed by atoms with Crippen LogP contribution in [-0.2, 0) is 4.74 Å². The second kappa shape index (κ2) is 4.88. The van der Waals surface area contributed by atoms with Gasteiger partial charge < -0.3 is 4.74 Å². The van der Waals surface area contributed by atoms with E-state index in [9.17, 15) is 0 Å². The fourth-order valence-corrected chi connectivity index (χ4v) is 3.37. The molecule has 1 fully saturated rings. The minimum Gasteiger partial charge on any atom is -0.380 e. The first kappa shape index (κ1) is 9.37. The normalized spacial score (nSPS) is 22.0. The Kier molecular flexibility index (Phi) is 3.52. The predicted octanol–water partition coefficient (Wildman–Crippen LogP) is 2.61. The number of hydrogen-bond donors (Lipinski definition) is 0. The molecule has 1 aromatic heterocycles. The average molecular weight is 213 g/mol. The minimum absolute atomic E-state index is 0.645. The molecule has 2 heterocycles. The lowest BCUT2D eigenvalue weighted by atomic mass is 10.4. The molecule has 0 saturated carbocycles. The van der Waals surface area contributed by atoms with Crippen molar-refractivity contribution < 1.29 is 4.74 Å². The van der Waals surface area contributed by atoms with Crippen LogP contribution >= 0.6 is 21.6 Å². The topological polar surface area (TPSA) is 22.1 Å². The van der Waals surface area contributed by atoms with Crippen molar-refractivity contribution in [1.82, 2.24) is 4.98 Å². The van der Waals surface area contributed by atoms with E-state index in [1.807, 2.05) is 35.2 Å². The summed E-state index contributed by atoms with van der Waals surface area (Å²) in [6.45, 7) is 1.81. The Morgan fingerprint density at radius 2 is 2.46 bits per heavy atom. The van der Waals surface area contributed by atoms with Crippen molar-refractivity contribution in [3.63, 3.8) is 0 Å². The summed E-state index contributed by atoms with van der Waals surface area (Å²) in [6.07, 6.45) is 3.00. The standard InChI is InChI=1S/C9H11NOS2/c1-2-5-10-9(3-1)13-12-8-4-6-11-7-8/h1-3,5,8H,4,6-7H2. The van der Waals surface area contributed by atoms with Crippen LogP contribution in [0.2, 0.25) is 0 Å². The van der Waals surface area contributed by atoms with Gasteiger partial charge in [0.2, 0.25) is 0 Å². The van der Waals surface area contributed by atoms with E-state index >= 15 is 0 Å². The highest BCUT2D eigenvalue weighted by molar-refractivity contribution is 8.76. The largest absolute Gasteiger partial charge is 0.380 e. The summed E-state index contributed by atoms with van der Waals surface area (Å²) >= 11 is 0. The summed E-state index contributed by atoms with van der Waals surface area (Å²) in [7, 11) is 3.61. The summed E-state index contributed by atoms with van der Waals surface area (Å²) in [5.74, 6) is 0. The summed E-state index contributed by atoms with van der Waals surface area (Å²) in [5, 5.41) is 1.73. The zero-order valence-corrected chi connectivity index (χ0v) is 8.81. The van der Waals surface area contributed by atoms with E-state index in [1.54, 1.807) is 10.8 Å². The fraction of sp³-hybridized carbons (Fsp3) is 0.444. The maximum Gasteiger partial charge on any atom is 0.106 e. The predicted molar refractivity (Wildman–Crippen MR) is 56.9 cm³/mol. The van der Waals surface area contributed by atoms with Crippen LogP contribution in [0.4, 0.5) is 0 Å². The Morgan fingerprint density at radius 3 is 3.15 bits per heavy atom. The Bertz CT molecular complexity index is 249. The van der Waals surface area contributed by atoms with Gasteiger partial charge in [-0.1, -0.05) is 16.9 Å². The molecule has 0 spiro atoms. The van der Waals surface area contributed by atoms with Gasteiger partial charge in [-0.05, 0) is 29.3 Å². The second-order valence-corrected chi connectivity index (χ2v) is 5.35. The van der Waals surface area contributed by atoms with Crippen molar-refractivity contribution in [2.75, 3.05) is 13.2 Å². The molecule has 13 heavy (non-hydrogen) atoms. The molecule has 0 N–H and O–H groups in total. The molecule has 0 aromatic carbocycles. The van der Waals surface area contributed by atoms with Gasteiger partial charge in [-0.25, -0.2) is 4.98 Å². The maximum atomic E-state index is 5.29. The van der Waals surface area contributed by atoms with Gasteiger partial charge in [0.1, 0.15) is 5.03 Å². The van der Waals surface area contributed by atoms with Crippen LogP contribution in [0.5, 0.6) is 0 Å². The van der Waals surface area contributed by atoms with E-state index < -0.39 is 0 Å². The van der Waals surface area contributed by atoms with Gasteiger partial charge in [-0.2, -0.15) is 0 Å². The van der Waals surface area contributed by atoms with Crippen LogP contribution in [0.25, 0.3) is 0 Å². The highest BCUT2D eigenvalue weighted by Gasteiger charge is 2.16. The van der Waals surface area contributed by atoms with Crippen molar-refractivity contribution >= 4 is 21.6 Å². The molecule has 2 nitrogen and oxygen atoms in total. The minimum atomic E-state index is 0.645. The number of aromatic nitrogens is 1. The number of pyridine rings is 1. The van der Waals surface area contributed by atoms with Gasteiger partial charge in [0.25, 0.3) is 0 Å². The third-order valence-electron chi connectivity index (χ3n) is 1.80. The van der Waals surface area contributed by atoms with Crippen molar-refractivity contribution in [1.29, 1.82) is 0 Å². The molecule has 1 aromatic rings. The van der Waals surface area contributed by atoms with E-state index in [-0.39, 0.29) is 0 Å². The van der Waals surface area contributed by atoms with Crippen molar-refractivity contribution in [2.45, 2.75) is 16.7 Å². The van der Waals surface area contributed by atoms with Crippen LogP contribution in [0.3, 0.4) is 0 Å². The molecule has 0 amide bonds. The third kappa shape index (κ3) is 2.90. The van der Waals surface area contributed by atoms with Gasteiger partial charge in [0.15, 0.2) is 0 Å². The number of ether oxygens (including phenoxy) is 1. The average Bonchev–Trinajstić information content (AvgIpc) is 2.69. The molecule has 4 heteroatoms. The van der Waals surface area contributed by atoms with Crippen molar-refractivity contribution in [2.24, 2.45) is 0 Å². The SMILES string of the molecule is c1ccc(SSC2CCOC2)nc1. The molecule has 2 rings (SSSR count). The van der Waals surface area contributed by atoms with E-state index in [1.165, 1.54) is 6.42 Å². The van der Waals surface area contributed by atoms with Gasteiger partial charge in [-0.3, -0.25) is 0 Å². The van der Waals surface area contributed by atoms with Crippen molar-refractivity contribution in [3.8, 4) is 0 Å². The highest BCUT2D eigenvalue weighted by atomic mass is 33.1. The van der Waals surface area contributed by atoms with Gasteiger partial charge in [0.05, 0.1) is 6.61 Å². The molecule has 1 aliphatic heterocycles. The van der Waals surface area contributed by atoms with E-state index in [4.69, 9.17) is 4.74 Å². The zero-order chi connectivity index (χ0) is 8.93. The van der Waals surface area contributed by atoms with Crippen LogP contribution in [-0.4, -0.2) is 23.4 Å². The first-order valence-electron chi connectivity index (χ1n) is 4.27. The van der Waals surface area contributed by atoms with Crippen LogP contribution < -0.4 is 0 Å². The van der Waals surface area contributed by atoms with Crippen LogP contribution in [0.15, 0.2) is 29.4 Å². The molecule has 70 valence electrons. The third-order valence-corrected chi connectivity index (χ3v) is 4.57. The molecule has 1 aliphatic rings. The smallest absolute Gasteiger partial charge is 0.106 e. The molecular weight excluding hydrogens is 202 g/mol. The Morgan fingerprint density at radius 1 is 1.46 bits per heavy atom. The van der Waals surface area contributed by atoms with Gasteiger partial charge in [-0.15, -0.1) is 0 Å². The first-order chi connectivity index (χ1) is 6.45. The molecule has 0 aliphatic carbocycles. The second-order valence-electron chi connectivity index (χ2n) is 2.83. The van der Waals surface area contributed by atoms with Gasteiger partial charge in [0, 0.05) is 18.1 Å². The fourth-order valence-electron chi connectivity index (χ4n) is 1.10. The highest BCUT2D eigenvalue weighted by Crippen LogP contribution is 2.36. The maximum absolute atomic E-state index is 5.29. The lowest BCUT2D eigenvalue weighted by Crippen LogP contribution is -1.97. The molecule has 1 atom stereocenters. The Labute approximate surface area is 85.9 Å². The Hall–Kier alpha value is -0.190. The lowest BCUT2D eigenvalue weighted by Gasteiger charge is -2.04. The quantitative estimate of drug-likeness (QED) is 0.720. The van der Waals surface area contributed by atoms with Crippen LogP contribution in [0, 0.1) is 0 Å². The Balaban J connectivity index is 1.79. The molecular formula is C9H11NOS2. The summed E-state index contributed by atoms with van der Waals surface area (Å²) in [4.78, 5) is 4.24. The lowest BCUT2D eigenvalue weighted by molar-refractivity contribution is 0.199. The van der Waals surface area contributed by atoms with E-state index in [0.29, 0.717) is 5.25 Å². The first-order valence-corrected chi connectivity index (χ1v) is 6.48. The molecule has 0 radical (unpaired) electrons. The van der Waals surface area contributed by atoms with E-state index in [2.05, 4.69) is 4.98 Å². The summed E-state index contributed by atoms with van der Waals surface area (Å²) in [5.41, 5.74) is 0.